The van der Waals surface area contributed by atoms with Crippen molar-refractivity contribution >= 4 is 39.9 Å². The van der Waals surface area contributed by atoms with Gasteiger partial charge in [0, 0.05) is 17.3 Å². The summed E-state index contributed by atoms with van der Waals surface area (Å²) in [5.74, 6) is -0.495. The number of aromatic nitrogens is 1. The van der Waals surface area contributed by atoms with Crippen molar-refractivity contribution in [2.75, 3.05) is 5.32 Å². The number of carbonyl (C=O) groups excluding carboxylic acids is 2. The second kappa shape index (κ2) is 6.55. The number of nitrogens with one attached hydrogen (secondary N) is 1. The van der Waals surface area contributed by atoms with Crippen LogP contribution in [0.1, 0.15) is 23.0 Å². The van der Waals surface area contributed by atoms with E-state index < -0.39 is 5.91 Å². The zero-order chi connectivity index (χ0) is 15.4. The summed E-state index contributed by atoms with van der Waals surface area (Å²) in [5.41, 5.74) is 6.14. The lowest BCUT2D eigenvalue weighted by Gasteiger charge is -2.08. The second-order valence-corrected chi connectivity index (χ2v) is 5.41. The Hall–Kier alpha value is -2.12. The van der Waals surface area contributed by atoms with E-state index in [-0.39, 0.29) is 18.1 Å². The third kappa shape index (κ3) is 4.17. The molecule has 0 fully saturated rings. The lowest BCUT2D eigenvalue weighted by atomic mass is 10.2. The predicted octanol–water partition coefficient (Wildman–Crippen LogP) is 2.43. The molecule has 0 aliphatic heterocycles. The summed E-state index contributed by atoms with van der Waals surface area (Å²) >= 11 is 7.16. The highest BCUT2D eigenvalue weighted by Crippen LogP contribution is 2.24. The van der Waals surface area contributed by atoms with Gasteiger partial charge in [-0.3, -0.25) is 9.59 Å². The highest BCUT2D eigenvalue weighted by molar-refractivity contribution is 7.13. The first-order valence-corrected chi connectivity index (χ1v) is 7.15. The molecule has 6 nitrogen and oxygen atoms in total. The van der Waals surface area contributed by atoms with Gasteiger partial charge >= 0.3 is 0 Å². The fraction of sp³-hybridized carbons (Fsp3) is 0.154. The Kier molecular flexibility index (Phi) is 4.77. The van der Waals surface area contributed by atoms with Gasteiger partial charge in [-0.05, 0) is 18.2 Å². The van der Waals surface area contributed by atoms with Gasteiger partial charge in [-0.1, -0.05) is 11.6 Å². The van der Waals surface area contributed by atoms with Gasteiger partial charge in [-0.25, -0.2) is 4.98 Å². The van der Waals surface area contributed by atoms with E-state index in [4.69, 9.17) is 22.1 Å². The maximum Gasteiger partial charge on any atom is 0.252 e. The van der Waals surface area contributed by atoms with Gasteiger partial charge in [-0.15, -0.1) is 11.3 Å². The largest absolute Gasteiger partial charge is 0.486 e. The molecule has 21 heavy (non-hydrogen) atoms. The SMILES string of the molecule is CC(=O)Nc1nc(COc2cc(Cl)ccc2C(N)=O)cs1. The molecule has 1 aromatic heterocycles. The van der Waals surface area contributed by atoms with Gasteiger partial charge in [0.2, 0.25) is 5.91 Å². The van der Waals surface area contributed by atoms with Crippen LogP contribution in [0.3, 0.4) is 0 Å². The minimum absolute atomic E-state index is 0.136. The van der Waals surface area contributed by atoms with Crippen molar-refractivity contribution in [2.24, 2.45) is 5.73 Å². The van der Waals surface area contributed by atoms with Crippen molar-refractivity contribution in [3.05, 3.63) is 39.9 Å². The molecule has 0 bridgehead atoms. The van der Waals surface area contributed by atoms with Gasteiger partial charge in [0.25, 0.3) is 5.91 Å². The van der Waals surface area contributed by atoms with Crippen molar-refractivity contribution in [1.82, 2.24) is 4.98 Å². The summed E-state index contributed by atoms with van der Waals surface area (Å²) < 4.78 is 5.53. The number of anilines is 1. The molecule has 1 heterocycles. The molecule has 0 saturated heterocycles. The average Bonchev–Trinajstić information content (AvgIpc) is 2.82. The standard InChI is InChI=1S/C13H12ClN3O3S/c1-7(18)16-13-17-9(6-21-13)5-20-11-4-8(14)2-3-10(11)12(15)19/h2-4,6H,5H2,1H3,(H2,15,19)(H,16,17,18). The van der Waals surface area contributed by atoms with Gasteiger partial charge in [0.15, 0.2) is 5.13 Å². The van der Waals surface area contributed by atoms with Gasteiger partial charge < -0.3 is 15.8 Å². The predicted molar refractivity (Wildman–Crippen MR) is 80.7 cm³/mol. The quantitative estimate of drug-likeness (QED) is 0.882. The van der Waals surface area contributed by atoms with Crippen LogP contribution in [0.2, 0.25) is 5.02 Å². The van der Waals surface area contributed by atoms with E-state index in [0.717, 1.165) is 0 Å². The number of rotatable bonds is 5. The fourth-order valence-electron chi connectivity index (χ4n) is 1.55. The number of carbonyl (C=O) groups is 2. The van der Waals surface area contributed by atoms with Crippen LogP contribution < -0.4 is 15.8 Å². The second-order valence-electron chi connectivity index (χ2n) is 4.12. The summed E-state index contributed by atoms with van der Waals surface area (Å²) in [6.45, 7) is 1.54. The number of nitrogens with two attached hydrogens (primary N) is 1. The van der Waals surface area contributed by atoms with Crippen molar-refractivity contribution < 1.29 is 14.3 Å². The number of hydrogen-bond donors (Lipinski definition) is 2. The van der Waals surface area contributed by atoms with Crippen LogP contribution in [0.5, 0.6) is 5.75 Å². The van der Waals surface area contributed by atoms with E-state index in [1.165, 1.54) is 30.4 Å². The van der Waals surface area contributed by atoms with Crippen LogP contribution in [-0.2, 0) is 11.4 Å². The van der Waals surface area contributed by atoms with Gasteiger partial charge in [0.1, 0.15) is 12.4 Å². The molecule has 2 rings (SSSR count). The van der Waals surface area contributed by atoms with Crippen molar-refractivity contribution in [2.45, 2.75) is 13.5 Å². The number of hydrogen-bond acceptors (Lipinski definition) is 5. The van der Waals surface area contributed by atoms with Crippen molar-refractivity contribution in [3.8, 4) is 5.75 Å². The molecule has 0 aliphatic carbocycles. The van der Waals surface area contributed by atoms with Crippen LogP contribution in [-0.4, -0.2) is 16.8 Å². The maximum atomic E-state index is 11.3. The molecule has 1 aromatic carbocycles. The molecule has 0 saturated carbocycles. The molecule has 0 spiro atoms. The maximum absolute atomic E-state index is 11.3. The number of benzene rings is 1. The molecule has 2 aromatic rings. The summed E-state index contributed by atoms with van der Waals surface area (Å²) in [6, 6.07) is 4.58. The molecule has 0 aliphatic rings. The first-order chi connectivity index (χ1) is 9.95. The Balaban J connectivity index is 2.09. The molecule has 0 atom stereocenters. The Morgan fingerprint density at radius 1 is 1.48 bits per heavy atom. The summed E-state index contributed by atoms with van der Waals surface area (Å²) in [4.78, 5) is 26.4. The molecule has 0 radical (unpaired) electrons. The Morgan fingerprint density at radius 3 is 2.90 bits per heavy atom. The van der Waals surface area contributed by atoms with Gasteiger partial charge in [0.05, 0.1) is 11.3 Å². The number of amides is 2. The minimum atomic E-state index is -0.598. The number of thiazole rings is 1. The lowest BCUT2D eigenvalue weighted by Crippen LogP contribution is -2.13. The van der Waals surface area contributed by atoms with Crippen LogP contribution >= 0.6 is 22.9 Å². The van der Waals surface area contributed by atoms with Crippen molar-refractivity contribution in [1.29, 1.82) is 0 Å². The Labute approximate surface area is 129 Å². The van der Waals surface area contributed by atoms with E-state index in [0.29, 0.717) is 21.6 Å². The smallest absolute Gasteiger partial charge is 0.252 e. The average molecular weight is 326 g/mol. The summed E-state index contributed by atoms with van der Waals surface area (Å²) in [7, 11) is 0. The molecule has 3 N–H and O–H groups in total. The molecule has 8 heteroatoms. The normalized spacial score (nSPS) is 10.2. The van der Waals surface area contributed by atoms with E-state index >= 15 is 0 Å². The van der Waals surface area contributed by atoms with E-state index in [9.17, 15) is 9.59 Å². The Bertz CT molecular complexity index is 687. The Morgan fingerprint density at radius 2 is 2.24 bits per heavy atom. The zero-order valence-corrected chi connectivity index (χ0v) is 12.6. The van der Waals surface area contributed by atoms with Crippen LogP contribution in [0.25, 0.3) is 0 Å². The number of halogens is 1. The molecule has 110 valence electrons. The molecular formula is C13H12ClN3O3S. The fourth-order valence-corrected chi connectivity index (χ4v) is 2.46. The molecule has 2 amide bonds. The minimum Gasteiger partial charge on any atom is -0.486 e. The molecular weight excluding hydrogens is 314 g/mol. The zero-order valence-electron chi connectivity index (χ0n) is 11.1. The first-order valence-electron chi connectivity index (χ1n) is 5.90. The number of primary amides is 1. The van der Waals surface area contributed by atoms with Crippen LogP contribution in [0.4, 0.5) is 5.13 Å². The monoisotopic (exact) mass is 325 g/mol. The topological polar surface area (TPSA) is 94.3 Å². The van der Waals surface area contributed by atoms with Gasteiger partial charge in [-0.2, -0.15) is 0 Å². The highest BCUT2D eigenvalue weighted by atomic mass is 35.5. The summed E-state index contributed by atoms with van der Waals surface area (Å²) in [5, 5.41) is 5.26. The lowest BCUT2D eigenvalue weighted by molar-refractivity contribution is -0.114. The van der Waals surface area contributed by atoms with E-state index in [1.807, 2.05) is 0 Å². The number of nitrogens with zero attached hydrogens (tertiary/aromatic N) is 1. The van der Waals surface area contributed by atoms with E-state index in [2.05, 4.69) is 10.3 Å². The van der Waals surface area contributed by atoms with Crippen LogP contribution in [0.15, 0.2) is 23.6 Å². The highest BCUT2D eigenvalue weighted by Gasteiger charge is 2.11. The third-order valence-electron chi connectivity index (χ3n) is 2.42. The van der Waals surface area contributed by atoms with Crippen molar-refractivity contribution in [3.63, 3.8) is 0 Å². The molecule has 0 unspecified atom stereocenters. The third-order valence-corrected chi connectivity index (χ3v) is 3.46. The van der Waals surface area contributed by atoms with E-state index in [1.54, 1.807) is 11.4 Å². The number of ether oxygens (including phenoxy) is 1. The summed E-state index contributed by atoms with van der Waals surface area (Å²) in [6.07, 6.45) is 0. The van der Waals surface area contributed by atoms with Crippen LogP contribution in [0, 0.1) is 0 Å². The first kappa shape index (κ1) is 15.3.